The van der Waals surface area contributed by atoms with E-state index >= 15 is 0 Å². The average Bonchev–Trinajstić information content (AvgIpc) is 2.35. The molecule has 2 rings (SSSR count). The van der Waals surface area contributed by atoms with Crippen molar-refractivity contribution in [2.45, 2.75) is 13.8 Å². The second-order valence-electron chi connectivity index (χ2n) is 3.81. The lowest BCUT2D eigenvalue weighted by Crippen LogP contribution is -2.09. The molecule has 0 radical (unpaired) electrons. The van der Waals surface area contributed by atoms with Crippen molar-refractivity contribution in [1.82, 2.24) is 9.97 Å². The minimum Gasteiger partial charge on any atom is -0.340 e. The first kappa shape index (κ1) is 11.3. The van der Waals surface area contributed by atoms with Gasteiger partial charge in [0, 0.05) is 11.8 Å². The van der Waals surface area contributed by atoms with E-state index in [1.807, 2.05) is 12.1 Å². The van der Waals surface area contributed by atoms with Crippen molar-refractivity contribution in [1.29, 1.82) is 0 Å². The van der Waals surface area contributed by atoms with Gasteiger partial charge in [-0.25, -0.2) is 15.8 Å². The summed E-state index contributed by atoms with van der Waals surface area (Å²) in [6.45, 7) is 4.15. The molecule has 0 aliphatic carbocycles. The van der Waals surface area contributed by atoms with Gasteiger partial charge in [-0.3, -0.25) is 0 Å². The molecule has 17 heavy (non-hydrogen) atoms. The lowest BCUT2D eigenvalue weighted by Gasteiger charge is -2.11. The number of hydrogen-bond donors (Lipinski definition) is 3. The van der Waals surface area contributed by atoms with Crippen LogP contribution < -0.4 is 16.6 Å². The fourth-order valence-corrected chi connectivity index (χ4v) is 1.53. The number of anilines is 3. The largest absolute Gasteiger partial charge is 0.340 e. The maximum Gasteiger partial charge on any atom is 0.145 e. The average molecular weight is 229 g/mol. The van der Waals surface area contributed by atoms with Gasteiger partial charge in [-0.05, 0) is 31.0 Å². The van der Waals surface area contributed by atoms with Crippen LogP contribution in [0.5, 0.6) is 0 Å². The summed E-state index contributed by atoms with van der Waals surface area (Å²) >= 11 is 0. The van der Waals surface area contributed by atoms with Gasteiger partial charge >= 0.3 is 0 Å². The van der Waals surface area contributed by atoms with Crippen LogP contribution in [0.25, 0.3) is 0 Å². The minimum atomic E-state index is 0.577. The molecule has 5 nitrogen and oxygen atoms in total. The van der Waals surface area contributed by atoms with Crippen molar-refractivity contribution in [3.8, 4) is 0 Å². The standard InChI is InChI=1S/C12H15N5/c1-8-4-3-5-10(9(8)2)16-11-6-12(17-13)15-7-14-11/h3-7H,13H2,1-2H3,(H2,14,15,16,17). The number of hydrazine groups is 1. The van der Waals surface area contributed by atoms with Crippen molar-refractivity contribution in [3.63, 3.8) is 0 Å². The maximum atomic E-state index is 5.30. The van der Waals surface area contributed by atoms with Gasteiger partial charge in [0.05, 0.1) is 0 Å². The summed E-state index contributed by atoms with van der Waals surface area (Å²) in [6, 6.07) is 7.85. The predicted octanol–water partition coefficient (Wildman–Crippen LogP) is 2.12. The van der Waals surface area contributed by atoms with Gasteiger partial charge in [0.1, 0.15) is 18.0 Å². The highest BCUT2D eigenvalue weighted by Crippen LogP contribution is 2.22. The van der Waals surface area contributed by atoms with E-state index in [0.717, 1.165) is 5.69 Å². The van der Waals surface area contributed by atoms with E-state index in [2.05, 4.69) is 40.6 Å². The van der Waals surface area contributed by atoms with Gasteiger partial charge in [0.2, 0.25) is 0 Å². The lowest BCUT2D eigenvalue weighted by atomic mass is 10.1. The Kier molecular flexibility index (Phi) is 3.20. The molecular weight excluding hydrogens is 214 g/mol. The molecule has 0 amide bonds. The van der Waals surface area contributed by atoms with Gasteiger partial charge in [-0.1, -0.05) is 12.1 Å². The minimum absolute atomic E-state index is 0.577. The summed E-state index contributed by atoms with van der Waals surface area (Å²) in [7, 11) is 0. The number of nitrogen functional groups attached to an aromatic ring is 1. The van der Waals surface area contributed by atoms with E-state index in [-0.39, 0.29) is 0 Å². The van der Waals surface area contributed by atoms with Crippen LogP contribution in [0.1, 0.15) is 11.1 Å². The SMILES string of the molecule is Cc1cccc(Nc2cc(NN)ncn2)c1C. The van der Waals surface area contributed by atoms with Gasteiger partial charge in [-0.15, -0.1) is 0 Å². The van der Waals surface area contributed by atoms with Gasteiger partial charge in [0.25, 0.3) is 0 Å². The lowest BCUT2D eigenvalue weighted by molar-refractivity contribution is 1.14. The van der Waals surface area contributed by atoms with E-state index in [0.29, 0.717) is 11.6 Å². The first-order valence-electron chi connectivity index (χ1n) is 5.32. The van der Waals surface area contributed by atoms with Gasteiger partial charge in [-0.2, -0.15) is 0 Å². The summed E-state index contributed by atoms with van der Waals surface area (Å²) in [6.07, 6.45) is 1.46. The molecule has 0 saturated carbocycles. The molecule has 0 aliphatic rings. The van der Waals surface area contributed by atoms with Crippen LogP contribution in [0.15, 0.2) is 30.6 Å². The number of aryl methyl sites for hydroxylation is 1. The van der Waals surface area contributed by atoms with Crippen LogP contribution in [0, 0.1) is 13.8 Å². The van der Waals surface area contributed by atoms with E-state index in [1.54, 1.807) is 6.07 Å². The Morgan fingerprint density at radius 1 is 1.12 bits per heavy atom. The predicted molar refractivity (Wildman–Crippen MR) is 69.0 cm³/mol. The zero-order valence-electron chi connectivity index (χ0n) is 9.86. The molecule has 0 unspecified atom stereocenters. The third-order valence-electron chi connectivity index (χ3n) is 2.68. The Balaban J connectivity index is 2.28. The molecule has 0 bridgehead atoms. The van der Waals surface area contributed by atoms with Crippen LogP contribution in [0.4, 0.5) is 17.3 Å². The fraction of sp³-hybridized carbons (Fsp3) is 0.167. The summed E-state index contributed by atoms with van der Waals surface area (Å²) < 4.78 is 0. The number of aromatic nitrogens is 2. The molecular formula is C12H15N5. The second kappa shape index (κ2) is 4.80. The van der Waals surface area contributed by atoms with Crippen LogP contribution >= 0.6 is 0 Å². The molecule has 1 heterocycles. The number of hydrogen-bond acceptors (Lipinski definition) is 5. The van der Waals surface area contributed by atoms with Crippen molar-refractivity contribution in [2.75, 3.05) is 10.7 Å². The first-order chi connectivity index (χ1) is 8.20. The number of rotatable bonds is 3. The number of nitrogens with zero attached hydrogens (tertiary/aromatic N) is 2. The highest BCUT2D eigenvalue weighted by atomic mass is 15.3. The summed E-state index contributed by atoms with van der Waals surface area (Å²) in [5.41, 5.74) is 5.96. The molecule has 0 aliphatic heterocycles. The fourth-order valence-electron chi connectivity index (χ4n) is 1.53. The van der Waals surface area contributed by atoms with Crippen LogP contribution in [-0.2, 0) is 0 Å². The third-order valence-corrected chi connectivity index (χ3v) is 2.68. The molecule has 1 aromatic carbocycles. The number of benzene rings is 1. The molecule has 1 aromatic heterocycles. The summed E-state index contributed by atoms with van der Waals surface area (Å²) in [5, 5.41) is 3.24. The molecule has 0 saturated heterocycles. The Hall–Kier alpha value is -2.14. The van der Waals surface area contributed by atoms with Gasteiger partial charge in [0.15, 0.2) is 0 Å². The van der Waals surface area contributed by atoms with Gasteiger partial charge < -0.3 is 10.7 Å². The van der Waals surface area contributed by atoms with Crippen molar-refractivity contribution in [2.24, 2.45) is 5.84 Å². The number of nitrogens with two attached hydrogens (primary N) is 1. The van der Waals surface area contributed by atoms with E-state index in [4.69, 9.17) is 5.84 Å². The zero-order valence-corrected chi connectivity index (χ0v) is 9.86. The molecule has 88 valence electrons. The quantitative estimate of drug-likeness (QED) is 0.555. The molecule has 0 fully saturated rings. The molecule has 0 spiro atoms. The highest BCUT2D eigenvalue weighted by Gasteiger charge is 2.02. The monoisotopic (exact) mass is 229 g/mol. The smallest absolute Gasteiger partial charge is 0.145 e. The summed E-state index contributed by atoms with van der Waals surface area (Å²) in [5.74, 6) is 6.58. The van der Waals surface area contributed by atoms with Crippen LogP contribution in [0.3, 0.4) is 0 Å². The maximum absolute atomic E-state index is 5.30. The Labute approximate surface area is 100 Å². The summed E-state index contributed by atoms with van der Waals surface area (Å²) in [4.78, 5) is 8.09. The van der Waals surface area contributed by atoms with Crippen LogP contribution in [-0.4, -0.2) is 9.97 Å². The zero-order chi connectivity index (χ0) is 12.3. The molecule has 5 heteroatoms. The van der Waals surface area contributed by atoms with E-state index in [9.17, 15) is 0 Å². The second-order valence-corrected chi connectivity index (χ2v) is 3.81. The topological polar surface area (TPSA) is 75.9 Å². The third kappa shape index (κ3) is 2.51. The molecule has 0 atom stereocenters. The van der Waals surface area contributed by atoms with E-state index in [1.165, 1.54) is 17.5 Å². The number of nitrogens with one attached hydrogen (secondary N) is 2. The molecule has 4 N–H and O–H groups in total. The van der Waals surface area contributed by atoms with Crippen molar-refractivity contribution < 1.29 is 0 Å². The Bertz CT molecular complexity index is 524. The highest BCUT2D eigenvalue weighted by molar-refractivity contribution is 5.63. The van der Waals surface area contributed by atoms with Crippen LogP contribution in [0.2, 0.25) is 0 Å². The van der Waals surface area contributed by atoms with E-state index < -0.39 is 0 Å². The molecule has 2 aromatic rings. The Morgan fingerprint density at radius 3 is 2.65 bits per heavy atom. The van der Waals surface area contributed by atoms with Crippen molar-refractivity contribution in [3.05, 3.63) is 41.7 Å². The van der Waals surface area contributed by atoms with Crippen molar-refractivity contribution >= 4 is 17.3 Å². The normalized spacial score (nSPS) is 10.1. The Morgan fingerprint density at radius 2 is 1.88 bits per heavy atom. The first-order valence-corrected chi connectivity index (χ1v) is 5.32.